The van der Waals surface area contributed by atoms with Gasteiger partial charge in [0.15, 0.2) is 0 Å². The van der Waals surface area contributed by atoms with Gasteiger partial charge in [0, 0.05) is 12.6 Å². The molecule has 3 aliphatic heterocycles. The van der Waals surface area contributed by atoms with Crippen molar-refractivity contribution >= 4 is 10.0 Å². The number of benzene rings is 1. The van der Waals surface area contributed by atoms with Crippen LogP contribution in [0.1, 0.15) is 24.0 Å². The van der Waals surface area contributed by atoms with Crippen LogP contribution in [-0.4, -0.2) is 44.1 Å². The summed E-state index contributed by atoms with van der Waals surface area (Å²) in [5.41, 5.74) is 1.46. The summed E-state index contributed by atoms with van der Waals surface area (Å²) in [4.78, 5) is 2.33. The molecule has 0 aliphatic carbocycles. The van der Waals surface area contributed by atoms with Crippen molar-refractivity contribution in [1.82, 2.24) is 9.62 Å². The van der Waals surface area contributed by atoms with Gasteiger partial charge < -0.3 is 10.0 Å². The Morgan fingerprint density at radius 1 is 1.24 bits per heavy atom. The van der Waals surface area contributed by atoms with Crippen LogP contribution in [-0.2, 0) is 22.4 Å². The van der Waals surface area contributed by atoms with Crippen molar-refractivity contribution in [2.75, 3.05) is 19.6 Å². The van der Waals surface area contributed by atoms with Gasteiger partial charge in [-0.05, 0) is 43.0 Å². The van der Waals surface area contributed by atoms with E-state index in [0.717, 1.165) is 43.6 Å². The Hall–Kier alpha value is -0.950. The van der Waals surface area contributed by atoms with E-state index in [-0.39, 0.29) is 18.4 Å². The fraction of sp³-hybridized carbons (Fsp3) is 0.600. The summed E-state index contributed by atoms with van der Waals surface area (Å²) < 4.78 is 27.6. The van der Waals surface area contributed by atoms with Crippen LogP contribution >= 0.6 is 0 Å². The molecule has 1 aromatic carbocycles. The van der Waals surface area contributed by atoms with E-state index < -0.39 is 10.0 Å². The molecule has 0 spiro atoms. The molecular weight excluding hydrogens is 288 g/mol. The van der Waals surface area contributed by atoms with Crippen molar-refractivity contribution in [3.63, 3.8) is 0 Å². The van der Waals surface area contributed by atoms with Crippen molar-refractivity contribution in [3.8, 4) is 0 Å². The van der Waals surface area contributed by atoms with Crippen LogP contribution in [0.4, 0.5) is 0 Å². The van der Waals surface area contributed by atoms with E-state index in [0.29, 0.717) is 5.92 Å². The number of hydrogen-bond acceptors (Lipinski definition) is 4. The third-order valence-corrected chi connectivity index (χ3v) is 5.89. The van der Waals surface area contributed by atoms with Gasteiger partial charge in [0.05, 0.1) is 12.4 Å². The molecule has 116 valence electrons. The molecule has 5 nitrogen and oxygen atoms in total. The predicted molar refractivity (Wildman–Crippen MR) is 81.1 cm³/mol. The molecular formula is C15H22N2O3S. The van der Waals surface area contributed by atoms with E-state index in [2.05, 4.69) is 9.62 Å². The first-order valence-electron chi connectivity index (χ1n) is 7.47. The fourth-order valence-electron chi connectivity index (χ4n) is 3.41. The minimum absolute atomic E-state index is 0.0238. The summed E-state index contributed by atoms with van der Waals surface area (Å²) >= 11 is 0. The summed E-state index contributed by atoms with van der Waals surface area (Å²) in [6, 6.07) is 7.16. The van der Waals surface area contributed by atoms with Crippen LogP contribution in [0, 0.1) is 5.92 Å². The highest BCUT2D eigenvalue weighted by Gasteiger charge is 2.36. The maximum atomic E-state index is 12.4. The molecule has 0 amide bonds. The lowest BCUT2D eigenvalue weighted by molar-refractivity contribution is 0.0827. The van der Waals surface area contributed by atoms with Gasteiger partial charge in [-0.25, -0.2) is 13.1 Å². The Labute approximate surface area is 126 Å². The largest absolute Gasteiger partial charge is 0.392 e. The normalized spacial score (nSPS) is 28.7. The minimum atomic E-state index is -3.34. The van der Waals surface area contributed by atoms with Crippen molar-refractivity contribution in [3.05, 3.63) is 35.4 Å². The van der Waals surface area contributed by atoms with Crippen LogP contribution in [0.2, 0.25) is 0 Å². The van der Waals surface area contributed by atoms with Crippen LogP contribution in [0.15, 0.2) is 24.3 Å². The van der Waals surface area contributed by atoms with E-state index in [1.54, 1.807) is 24.3 Å². The molecule has 3 aliphatic rings. The van der Waals surface area contributed by atoms with Crippen molar-refractivity contribution < 1.29 is 13.5 Å². The molecule has 4 rings (SSSR count). The second-order valence-electron chi connectivity index (χ2n) is 6.10. The molecule has 2 bridgehead atoms. The van der Waals surface area contributed by atoms with Crippen LogP contribution in [0.25, 0.3) is 0 Å². The van der Waals surface area contributed by atoms with E-state index in [1.165, 1.54) is 0 Å². The smallest absolute Gasteiger partial charge is 0.216 e. The fourth-order valence-corrected chi connectivity index (χ4v) is 4.84. The average molecular weight is 310 g/mol. The molecule has 0 saturated carbocycles. The first-order valence-corrected chi connectivity index (χ1v) is 9.12. The van der Waals surface area contributed by atoms with Gasteiger partial charge >= 0.3 is 0 Å². The number of nitrogens with one attached hydrogen (secondary N) is 1. The van der Waals surface area contributed by atoms with Crippen molar-refractivity contribution in [1.29, 1.82) is 0 Å². The Morgan fingerprint density at radius 3 is 2.57 bits per heavy atom. The average Bonchev–Trinajstić information content (AvgIpc) is 2.47. The number of aliphatic hydroxyl groups excluding tert-OH is 1. The highest BCUT2D eigenvalue weighted by atomic mass is 32.2. The van der Waals surface area contributed by atoms with Gasteiger partial charge in [0.1, 0.15) is 0 Å². The number of aliphatic hydroxyl groups is 1. The molecule has 2 N–H and O–H groups in total. The van der Waals surface area contributed by atoms with Gasteiger partial charge in [0.2, 0.25) is 10.0 Å². The summed E-state index contributed by atoms with van der Waals surface area (Å²) in [7, 11) is -3.34. The van der Waals surface area contributed by atoms with E-state index in [1.807, 2.05) is 0 Å². The zero-order chi connectivity index (χ0) is 14.9. The SMILES string of the molecule is O=S(=O)(Cc1cccc(CO)c1)NC1CN2CCC1CC2. The Balaban J connectivity index is 1.66. The molecule has 1 aromatic rings. The van der Waals surface area contributed by atoms with Gasteiger partial charge in [-0.15, -0.1) is 0 Å². The Bertz CT molecular complexity index is 595. The molecule has 0 aromatic heterocycles. The molecule has 3 fully saturated rings. The topological polar surface area (TPSA) is 69.6 Å². The van der Waals surface area contributed by atoms with Crippen LogP contribution in [0.5, 0.6) is 0 Å². The van der Waals surface area contributed by atoms with Gasteiger partial charge in [0.25, 0.3) is 0 Å². The monoisotopic (exact) mass is 310 g/mol. The molecule has 3 saturated heterocycles. The van der Waals surface area contributed by atoms with Crippen LogP contribution < -0.4 is 4.72 Å². The quantitative estimate of drug-likeness (QED) is 0.840. The van der Waals surface area contributed by atoms with E-state index in [9.17, 15) is 8.42 Å². The molecule has 6 heteroatoms. The summed E-state index contributed by atoms with van der Waals surface area (Å²) in [6.07, 6.45) is 2.18. The molecule has 1 unspecified atom stereocenters. The highest BCUT2D eigenvalue weighted by Crippen LogP contribution is 2.28. The van der Waals surface area contributed by atoms with Crippen molar-refractivity contribution in [2.24, 2.45) is 5.92 Å². The van der Waals surface area contributed by atoms with E-state index in [4.69, 9.17) is 5.11 Å². The molecule has 0 radical (unpaired) electrons. The Kier molecular flexibility index (Phi) is 4.31. The van der Waals surface area contributed by atoms with Gasteiger partial charge in [-0.1, -0.05) is 24.3 Å². The maximum absolute atomic E-state index is 12.4. The number of piperidine rings is 3. The third-order valence-electron chi connectivity index (χ3n) is 4.52. The summed E-state index contributed by atoms with van der Waals surface area (Å²) in [5, 5.41) is 9.12. The second-order valence-corrected chi connectivity index (χ2v) is 7.85. The zero-order valence-electron chi connectivity index (χ0n) is 12.0. The lowest BCUT2D eigenvalue weighted by atomic mass is 9.85. The number of rotatable bonds is 5. The van der Waals surface area contributed by atoms with Crippen molar-refractivity contribution in [2.45, 2.75) is 31.2 Å². The standard InChI is InChI=1S/C15H22N2O3S/c18-10-12-2-1-3-13(8-12)11-21(19,20)16-15-9-17-6-4-14(15)5-7-17/h1-3,8,14-16,18H,4-7,9-11H2. The van der Waals surface area contributed by atoms with Gasteiger partial charge in [-0.3, -0.25) is 0 Å². The Morgan fingerprint density at radius 2 is 1.95 bits per heavy atom. The van der Waals surface area contributed by atoms with Gasteiger partial charge in [-0.2, -0.15) is 0 Å². The number of hydrogen-bond donors (Lipinski definition) is 2. The third kappa shape index (κ3) is 3.63. The van der Waals surface area contributed by atoms with E-state index >= 15 is 0 Å². The van der Waals surface area contributed by atoms with Crippen LogP contribution in [0.3, 0.4) is 0 Å². The number of fused-ring (bicyclic) bond motifs is 3. The zero-order valence-corrected chi connectivity index (χ0v) is 12.8. The lowest BCUT2D eigenvalue weighted by Crippen LogP contribution is -2.57. The first-order chi connectivity index (χ1) is 10.1. The molecule has 1 atom stereocenters. The minimum Gasteiger partial charge on any atom is -0.392 e. The predicted octanol–water partition coefficient (Wildman–Crippen LogP) is 0.692. The number of nitrogens with zero attached hydrogens (tertiary/aromatic N) is 1. The number of sulfonamides is 1. The second kappa shape index (κ2) is 6.04. The molecule has 3 heterocycles. The first kappa shape index (κ1) is 15.0. The maximum Gasteiger partial charge on any atom is 0.216 e. The molecule has 21 heavy (non-hydrogen) atoms. The highest BCUT2D eigenvalue weighted by molar-refractivity contribution is 7.88. The summed E-state index contributed by atoms with van der Waals surface area (Å²) in [5.74, 6) is 0.456. The summed E-state index contributed by atoms with van der Waals surface area (Å²) in [6.45, 7) is 2.96. The lowest BCUT2D eigenvalue weighted by Gasteiger charge is -2.44.